The van der Waals surface area contributed by atoms with Crippen LogP contribution >= 0.6 is 11.6 Å². The van der Waals surface area contributed by atoms with E-state index in [1.54, 1.807) is 24.3 Å². The first-order chi connectivity index (χ1) is 9.56. The van der Waals surface area contributed by atoms with Crippen molar-refractivity contribution in [3.05, 3.63) is 52.8 Å². The molecular weight excluding hydrogens is 281 g/mol. The van der Waals surface area contributed by atoms with E-state index in [0.29, 0.717) is 22.4 Å². The molecule has 6 heteroatoms. The van der Waals surface area contributed by atoms with E-state index in [4.69, 9.17) is 17.3 Å². The fraction of sp³-hybridized carbons (Fsp3) is 0. The number of fused-ring (bicyclic) bond motifs is 1. The number of hydrogen-bond acceptors (Lipinski definition) is 2. The highest BCUT2D eigenvalue weighted by atomic mass is 35.5. The van der Waals surface area contributed by atoms with E-state index in [1.165, 1.54) is 12.1 Å². The Morgan fingerprint density at radius 1 is 1.30 bits per heavy atom. The average molecular weight is 290 g/mol. The van der Waals surface area contributed by atoms with Crippen LogP contribution < -0.4 is 5.73 Å². The van der Waals surface area contributed by atoms with E-state index in [1.807, 2.05) is 0 Å². The Hall–Kier alpha value is -2.40. The number of hydrogen-bond donors (Lipinski definition) is 2. The lowest BCUT2D eigenvalue weighted by Gasteiger charge is -1.97. The zero-order valence-electron chi connectivity index (χ0n) is 10.2. The quantitative estimate of drug-likeness (QED) is 0.761. The van der Waals surface area contributed by atoms with E-state index in [0.717, 1.165) is 0 Å². The van der Waals surface area contributed by atoms with Crippen molar-refractivity contribution in [2.45, 2.75) is 0 Å². The molecule has 0 unspecified atom stereocenters. The number of aromatic nitrogens is 2. The largest absolute Gasteiger partial charge is 0.366 e. The summed E-state index contributed by atoms with van der Waals surface area (Å²) in [4.78, 5) is 18.4. The summed E-state index contributed by atoms with van der Waals surface area (Å²) in [5.41, 5.74) is 6.83. The molecule has 4 nitrogen and oxygen atoms in total. The molecule has 0 bridgehead atoms. The lowest BCUT2D eigenvalue weighted by molar-refractivity contribution is 0.100. The highest BCUT2D eigenvalue weighted by Gasteiger charge is 2.13. The number of halogens is 2. The number of aromatic amines is 1. The fourth-order valence-electron chi connectivity index (χ4n) is 2.00. The molecule has 3 rings (SSSR count). The van der Waals surface area contributed by atoms with E-state index >= 15 is 0 Å². The van der Waals surface area contributed by atoms with Gasteiger partial charge in [-0.25, -0.2) is 9.37 Å². The molecule has 0 aliphatic rings. The monoisotopic (exact) mass is 289 g/mol. The van der Waals surface area contributed by atoms with Crippen molar-refractivity contribution >= 4 is 28.5 Å². The molecule has 3 N–H and O–H groups in total. The first-order valence-electron chi connectivity index (χ1n) is 5.80. The number of primary amides is 1. The smallest absolute Gasteiger partial charge is 0.248 e. The highest BCUT2D eigenvalue weighted by Crippen LogP contribution is 2.28. The molecular formula is C14H9ClFN3O. The maximum atomic E-state index is 13.7. The average Bonchev–Trinajstić information content (AvgIpc) is 2.83. The maximum Gasteiger partial charge on any atom is 0.248 e. The molecule has 3 aromatic rings. The SMILES string of the molecule is NC(=O)c1cc(Cl)c2nc(-c3ccccc3F)[nH]c2c1. The molecule has 0 aliphatic heterocycles. The molecule has 0 spiro atoms. The topological polar surface area (TPSA) is 71.8 Å². The van der Waals surface area contributed by atoms with Gasteiger partial charge in [0.25, 0.3) is 0 Å². The molecule has 100 valence electrons. The van der Waals surface area contributed by atoms with Gasteiger partial charge in [-0.15, -0.1) is 0 Å². The Kier molecular flexibility index (Phi) is 2.91. The van der Waals surface area contributed by atoms with Crippen LogP contribution in [0, 0.1) is 5.82 Å². The number of H-pyrrole nitrogens is 1. The van der Waals surface area contributed by atoms with Crippen molar-refractivity contribution < 1.29 is 9.18 Å². The Balaban J connectivity index is 2.23. The summed E-state index contributed by atoms with van der Waals surface area (Å²) in [6.07, 6.45) is 0. The van der Waals surface area contributed by atoms with Crippen molar-refractivity contribution in [2.24, 2.45) is 5.73 Å². The van der Waals surface area contributed by atoms with E-state index in [2.05, 4.69) is 9.97 Å². The minimum Gasteiger partial charge on any atom is -0.366 e. The molecule has 0 aliphatic carbocycles. The summed E-state index contributed by atoms with van der Waals surface area (Å²) in [5, 5.41) is 0.287. The molecule has 0 atom stereocenters. The first kappa shape index (κ1) is 12.6. The Bertz CT molecular complexity index is 828. The van der Waals surface area contributed by atoms with Crippen LogP contribution in [0.4, 0.5) is 4.39 Å². The summed E-state index contributed by atoms with van der Waals surface area (Å²) in [7, 11) is 0. The Labute approximate surface area is 118 Å². The van der Waals surface area contributed by atoms with Gasteiger partial charge in [0.15, 0.2) is 0 Å². The number of carbonyl (C=O) groups excluding carboxylic acids is 1. The lowest BCUT2D eigenvalue weighted by Crippen LogP contribution is -2.10. The fourth-order valence-corrected chi connectivity index (χ4v) is 2.26. The molecule has 0 radical (unpaired) electrons. The number of carbonyl (C=O) groups is 1. The summed E-state index contributed by atoms with van der Waals surface area (Å²) in [6.45, 7) is 0. The van der Waals surface area contributed by atoms with Crippen LogP contribution in [0.3, 0.4) is 0 Å². The summed E-state index contributed by atoms with van der Waals surface area (Å²) in [6, 6.07) is 9.25. The van der Waals surface area contributed by atoms with Gasteiger partial charge in [0.05, 0.1) is 16.1 Å². The van der Waals surface area contributed by atoms with Gasteiger partial charge < -0.3 is 10.7 Å². The van der Waals surface area contributed by atoms with E-state index in [-0.39, 0.29) is 10.6 Å². The normalized spacial score (nSPS) is 10.9. The first-order valence-corrected chi connectivity index (χ1v) is 6.18. The van der Waals surface area contributed by atoms with Crippen molar-refractivity contribution in [1.82, 2.24) is 9.97 Å². The standard InChI is InChI=1S/C14H9ClFN3O/c15-9-5-7(13(17)20)6-11-12(9)19-14(18-11)8-3-1-2-4-10(8)16/h1-6H,(H2,17,20)(H,18,19). The number of imidazole rings is 1. The second-order valence-corrected chi connectivity index (χ2v) is 4.69. The summed E-state index contributed by atoms with van der Waals surface area (Å²) < 4.78 is 13.7. The molecule has 0 saturated carbocycles. The van der Waals surface area contributed by atoms with Gasteiger partial charge in [0.1, 0.15) is 17.2 Å². The maximum absolute atomic E-state index is 13.7. The predicted molar refractivity (Wildman–Crippen MR) is 75.0 cm³/mol. The third kappa shape index (κ3) is 2.02. The van der Waals surface area contributed by atoms with Gasteiger partial charge in [-0.2, -0.15) is 0 Å². The number of amides is 1. The lowest BCUT2D eigenvalue weighted by atomic mass is 10.2. The van der Waals surface area contributed by atoms with Crippen LogP contribution in [0.2, 0.25) is 5.02 Å². The van der Waals surface area contributed by atoms with Crippen LogP contribution in [-0.2, 0) is 0 Å². The van der Waals surface area contributed by atoms with Gasteiger partial charge in [-0.1, -0.05) is 23.7 Å². The van der Waals surface area contributed by atoms with Crippen LogP contribution in [-0.4, -0.2) is 15.9 Å². The Morgan fingerprint density at radius 2 is 2.05 bits per heavy atom. The number of nitrogens with two attached hydrogens (primary N) is 1. The number of benzene rings is 2. The number of nitrogens with zero attached hydrogens (tertiary/aromatic N) is 1. The molecule has 0 fully saturated rings. The van der Waals surface area contributed by atoms with Crippen molar-refractivity contribution in [3.8, 4) is 11.4 Å². The highest BCUT2D eigenvalue weighted by molar-refractivity contribution is 6.35. The zero-order valence-corrected chi connectivity index (χ0v) is 10.9. The molecule has 2 aromatic carbocycles. The van der Waals surface area contributed by atoms with Gasteiger partial charge >= 0.3 is 0 Å². The summed E-state index contributed by atoms with van der Waals surface area (Å²) >= 11 is 6.06. The third-order valence-electron chi connectivity index (χ3n) is 2.95. The number of nitrogens with one attached hydrogen (secondary N) is 1. The van der Waals surface area contributed by atoms with Crippen LogP contribution in [0.15, 0.2) is 36.4 Å². The van der Waals surface area contributed by atoms with Gasteiger partial charge in [0.2, 0.25) is 5.91 Å². The summed E-state index contributed by atoms with van der Waals surface area (Å²) in [5.74, 6) is -0.629. The second kappa shape index (κ2) is 4.61. The van der Waals surface area contributed by atoms with Crippen molar-refractivity contribution in [1.29, 1.82) is 0 Å². The van der Waals surface area contributed by atoms with Crippen molar-refractivity contribution in [2.75, 3.05) is 0 Å². The number of rotatable bonds is 2. The van der Waals surface area contributed by atoms with Gasteiger partial charge in [-0.05, 0) is 24.3 Å². The van der Waals surface area contributed by atoms with Gasteiger partial charge in [-0.3, -0.25) is 4.79 Å². The molecule has 1 aromatic heterocycles. The van der Waals surface area contributed by atoms with Crippen LogP contribution in [0.5, 0.6) is 0 Å². The second-order valence-electron chi connectivity index (χ2n) is 4.28. The van der Waals surface area contributed by atoms with Crippen LogP contribution in [0.25, 0.3) is 22.4 Å². The van der Waals surface area contributed by atoms with Crippen LogP contribution in [0.1, 0.15) is 10.4 Å². The Morgan fingerprint density at radius 3 is 2.75 bits per heavy atom. The molecule has 0 saturated heterocycles. The zero-order chi connectivity index (χ0) is 14.3. The third-order valence-corrected chi connectivity index (χ3v) is 3.24. The van der Waals surface area contributed by atoms with E-state index < -0.39 is 11.7 Å². The van der Waals surface area contributed by atoms with Crippen molar-refractivity contribution in [3.63, 3.8) is 0 Å². The predicted octanol–water partition coefficient (Wildman–Crippen LogP) is 3.12. The molecule has 1 heterocycles. The molecule has 20 heavy (non-hydrogen) atoms. The van der Waals surface area contributed by atoms with Gasteiger partial charge in [0, 0.05) is 5.56 Å². The van der Waals surface area contributed by atoms with E-state index in [9.17, 15) is 9.18 Å². The minimum absolute atomic E-state index is 0.270. The molecule has 1 amide bonds. The minimum atomic E-state index is -0.587.